The molecule has 0 bridgehead atoms. The molecule has 1 fully saturated rings. The number of para-hydroxylation sites is 1. The van der Waals surface area contributed by atoms with Gasteiger partial charge in [0.2, 0.25) is 0 Å². The fourth-order valence-corrected chi connectivity index (χ4v) is 2.88. The van der Waals surface area contributed by atoms with Crippen molar-refractivity contribution >= 4 is 5.69 Å². The lowest BCUT2D eigenvalue weighted by Gasteiger charge is -2.36. The third-order valence-corrected chi connectivity index (χ3v) is 3.63. The molecular formula is C19H33NO. The highest BCUT2D eigenvalue weighted by Crippen LogP contribution is 2.41. The Morgan fingerprint density at radius 3 is 2.19 bits per heavy atom. The minimum atomic E-state index is 0.524. The Balaban J connectivity index is 0.000000354. The summed E-state index contributed by atoms with van der Waals surface area (Å²) in [4.78, 5) is 0. The first kappa shape index (κ1) is 19.7. The summed E-state index contributed by atoms with van der Waals surface area (Å²) >= 11 is 0. The van der Waals surface area contributed by atoms with E-state index in [-0.39, 0.29) is 0 Å². The molecule has 1 saturated carbocycles. The second-order valence-electron chi connectivity index (χ2n) is 6.25. The van der Waals surface area contributed by atoms with Gasteiger partial charge in [-0.2, -0.15) is 0 Å². The molecule has 1 aromatic carbocycles. The van der Waals surface area contributed by atoms with Crippen molar-refractivity contribution in [1.82, 2.24) is 0 Å². The van der Waals surface area contributed by atoms with Crippen molar-refractivity contribution in [3.63, 3.8) is 0 Å². The monoisotopic (exact) mass is 291 g/mol. The number of hydrogen-bond acceptors (Lipinski definition) is 2. The van der Waals surface area contributed by atoms with Crippen molar-refractivity contribution in [2.24, 2.45) is 11.3 Å². The van der Waals surface area contributed by atoms with Gasteiger partial charge in [-0.15, -0.1) is 0 Å². The van der Waals surface area contributed by atoms with Crippen LogP contribution in [0.1, 0.15) is 60.3 Å². The van der Waals surface area contributed by atoms with Crippen LogP contribution in [0.5, 0.6) is 0 Å². The Morgan fingerprint density at radius 1 is 1.24 bits per heavy atom. The van der Waals surface area contributed by atoms with Gasteiger partial charge in [-0.1, -0.05) is 71.4 Å². The van der Waals surface area contributed by atoms with Crippen LogP contribution in [0.15, 0.2) is 42.5 Å². The van der Waals surface area contributed by atoms with Crippen molar-refractivity contribution in [1.29, 1.82) is 0 Å². The number of allylic oxidation sites excluding steroid dienone is 1. The summed E-state index contributed by atoms with van der Waals surface area (Å²) in [6.07, 6.45) is 5.23. The van der Waals surface area contributed by atoms with E-state index in [2.05, 4.69) is 27.4 Å². The van der Waals surface area contributed by atoms with Gasteiger partial charge in [0.05, 0.1) is 5.69 Å². The summed E-state index contributed by atoms with van der Waals surface area (Å²) in [7, 11) is 0. The molecule has 1 aliphatic rings. The standard InChI is InChI=1S/C11H20.C6H7NO.C2H6/c1-5-10-6-9(2)7-11(3,4)8-10;8-7-6-4-2-1-3-5-6;1-2/h10H,2,5-8H2,1,3-4H3;1-5,7-8H;1-2H3. The lowest BCUT2D eigenvalue weighted by molar-refractivity contribution is 0.219. The van der Waals surface area contributed by atoms with E-state index in [1.54, 1.807) is 12.1 Å². The van der Waals surface area contributed by atoms with Crippen molar-refractivity contribution < 1.29 is 5.21 Å². The van der Waals surface area contributed by atoms with Crippen LogP contribution in [0.2, 0.25) is 0 Å². The first-order valence-corrected chi connectivity index (χ1v) is 8.08. The molecule has 1 unspecified atom stereocenters. The zero-order valence-electron chi connectivity index (χ0n) is 14.4. The molecule has 0 spiro atoms. The number of anilines is 1. The van der Waals surface area contributed by atoms with E-state index in [0.717, 1.165) is 5.92 Å². The summed E-state index contributed by atoms with van der Waals surface area (Å²) in [5.41, 5.74) is 4.73. The average molecular weight is 291 g/mol. The van der Waals surface area contributed by atoms with Gasteiger partial charge in [0.25, 0.3) is 0 Å². The molecule has 1 aliphatic carbocycles. The van der Waals surface area contributed by atoms with Gasteiger partial charge in [0.1, 0.15) is 0 Å². The quantitative estimate of drug-likeness (QED) is 0.495. The molecule has 1 atom stereocenters. The summed E-state index contributed by atoms with van der Waals surface area (Å²) in [5.74, 6) is 0.909. The summed E-state index contributed by atoms with van der Waals surface area (Å²) < 4.78 is 0. The Labute approximate surface area is 131 Å². The zero-order chi connectivity index (χ0) is 16.3. The lowest BCUT2D eigenvalue weighted by Crippen LogP contribution is -2.23. The molecule has 2 nitrogen and oxygen atoms in total. The Kier molecular flexibility index (Phi) is 9.81. The van der Waals surface area contributed by atoms with Crippen LogP contribution in [0.4, 0.5) is 5.69 Å². The minimum Gasteiger partial charge on any atom is -0.291 e. The zero-order valence-corrected chi connectivity index (χ0v) is 14.4. The van der Waals surface area contributed by atoms with Crippen LogP contribution < -0.4 is 5.48 Å². The van der Waals surface area contributed by atoms with E-state index in [0.29, 0.717) is 11.1 Å². The van der Waals surface area contributed by atoms with Crippen LogP contribution in [-0.2, 0) is 0 Å². The third kappa shape index (κ3) is 8.56. The molecule has 21 heavy (non-hydrogen) atoms. The maximum atomic E-state index is 8.29. The van der Waals surface area contributed by atoms with Gasteiger partial charge in [0, 0.05) is 0 Å². The lowest BCUT2D eigenvalue weighted by atomic mass is 9.70. The molecular weight excluding hydrogens is 258 g/mol. The van der Waals surface area contributed by atoms with Crippen LogP contribution in [0, 0.1) is 11.3 Å². The second-order valence-corrected chi connectivity index (χ2v) is 6.25. The molecule has 2 rings (SSSR count). The normalized spacial score (nSPS) is 19.5. The highest BCUT2D eigenvalue weighted by atomic mass is 16.5. The van der Waals surface area contributed by atoms with Gasteiger partial charge in [-0.05, 0) is 42.7 Å². The molecule has 1 aromatic rings. The molecule has 0 aromatic heterocycles. The average Bonchev–Trinajstić information content (AvgIpc) is 2.48. The Morgan fingerprint density at radius 2 is 1.81 bits per heavy atom. The van der Waals surface area contributed by atoms with Crippen molar-refractivity contribution in [2.75, 3.05) is 5.48 Å². The highest BCUT2D eigenvalue weighted by Gasteiger charge is 2.28. The van der Waals surface area contributed by atoms with E-state index in [1.165, 1.54) is 31.3 Å². The van der Waals surface area contributed by atoms with Crippen molar-refractivity contribution in [3.8, 4) is 0 Å². The van der Waals surface area contributed by atoms with Gasteiger partial charge in [-0.25, -0.2) is 0 Å². The minimum absolute atomic E-state index is 0.524. The molecule has 2 N–H and O–H groups in total. The fourth-order valence-electron chi connectivity index (χ4n) is 2.88. The van der Waals surface area contributed by atoms with E-state index in [4.69, 9.17) is 5.21 Å². The van der Waals surface area contributed by atoms with Crippen molar-refractivity contribution in [2.45, 2.75) is 60.3 Å². The van der Waals surface area contributed by atoms with Gasteiger partial charge in [-0.3, -0.25) is 10.7 Å². The van der Waals surface area contributed by atoms with Crippen LogP contribution >= 0.6 is 0 Å². The predicted molar refractivity (Wildman–Crippen MR) is 93.8 cm³/mol. The summed E-state index contributed by atoms with van der Waals surface area (Å²) in [5, 5.41) is 8.29. The van der Waals surface area contributed by atoms with Gasteiger partial charge in [0.15, 0.2) is 0 Å². The smallest absolute Gasteiger partial charge is 0.0602 e. The van der Waals surface area contributed by atoms with Crippen LogP contribution in [0.25, 0.3) is 0 Å². The van der Waals surface area contributed by atoms with E-state index < -0.39 is 0 Å². The van der Waals surface area contributed by atoms with Crippen molar-refractivity contribution in [3.05, 3.63) is 42.5 Å². The molecule has 0 saturated heterocycles. The predicted octanol–water partition coefficient (Wildman–Crippen LogP) is 6.29. The first-order valence-electron chi connectivity index (χ1n) is 8.08. The molecule has 0 amide bonds. The summed E-state index contributed by atoms with van der Waals surface area (Å²) in [6, 6.07) is 9.14. The molecule has 120 valence electrons. The highest BCUT2D eigenvalue weighted by molar-refractivity contribution is 5.39. The summed E-state index contributed by atoms with van der Waals surface area (Å²) in [6.45, 7) is 15.1. The van der Waals surface area contributed by atoms with E-state index >= 15 is 0 Å². The number of benzene rings is 1. The molecule has 0 heterocycles. The third-order valence-electron chi connectivity index (χ3n) is 3.63. The van der Waals surface area contributed by atoms with E-state index in [9.17, 15) is 0 Å². The molecule has 2 heteroatoms. The number of hydrogen-bond donors (Lipinski definition) is 2. The Bertz CT molecular complexity index is 384. The largest absolute Gasteiger partial charge is 0.291 e. The fraction of sp³-hybridized carbons (Fsp3) is 0.579. The van der Waals surface area contributed by atoms with Crippen LogP contribution in [0.3, 0.4) is 0 Å². The number of nitrogens with one attached hydrogen (secondary N) is 1. The second kappa shape index (κ2) is 10.4. The van der Waals surface area contributed by atoms with Gasteiger partial charge < -0.3 is 0 Å². The van der Waals surface area contributed by atoms with Crippen LogP contribution in [-0.4, -0.2) is 5.21 Å². The van der Waals surface area contributed by atoms with E-state index in [1.807, 2.05) is 37.5 Å². The van der Waals surface area contributed by atoms with Gasteiger partial charge >= 0.3 is 0 Å². The first-order chi connectivity index (χ1) is 9.96. The molecule has 0 aliphatic heterocycles. The maximum Gasteiger partial charge on any atom is 0.0602 e. The Hall–Kier alpha value is -1.28. The topological polar surface area (TPSA) is 32.3 Å². The SMILES string of the molecule is C=C1CC(CC)CC(C)(C)C1.CC.ONc1ccccc1. The number of rotatable bonds is 2. The molecule has 0 radical (unpaired) electrons. The maximum absolute atomic E-state index is 8.29.